The molecule has 8 nitrogen and oxygen atoms in total. The zero-order valence-electron chi connectivity index (χ0n) is 21.3. The molecule has 5 rings (SSSR count). The van der Waals surface area contributed by atoms with Gasteiger partial charge in [-0.2, -0.15) is 13.2 Å². The van der Waals surface area contributed by atoms with E-state index in [4.69, 9.17) is 11.6 Å². The largest absolute Gasteiger partial charge is 0.416 e. The highest BCUT2D eigenvalue weighted by Gasteiger charge is 2.33. The van der Waals surface area contributed by atoms with E-state index in [-0.39, 0.29) is 59.4 Å². The van der Waals surface area contributed by atoms with Gasteiger partial charge in [0.1, 0.15) is 23.9 Å². The number of fused-ring (bicyclic) bond motifs is 1. The van der Waals surface area contributed by atoms with Gasteiger partial charge in [0.15, 0.2) is 0 Å². The number of anilines is 2. The van der Waals surface area contributed by atoms with Gasteiger partial charge in [0.05, 0.1) is 46.4 Å². The van der Waals surface area contributed by atoms with Crippen LogP contribution in [0.3, 0.4) is 0 Å². The number of hydrogen-bond acceptors (Lipinski definition) is 4. The van der Waals surface area contributed by atoms with Crippen molar-refractivity contribution in [3.8, 4) is 0 Å². The number of nitrogens with one attached hydrogen (secondary N) is 2. The summed E-state index contributed by atoms with van der Waals surface area (Å²) in [6.45, 7) is -0.358. The van der Waals surface area contributed by atoms with Crippen LogP contribution in [-0.4, -0.2) is 32.2 Å². The average molecular weight is 604 g/mol. The standard InChI is InChI=1S/C28H19ClF5N5O3/c29-20-5-4-17(30)10-21(20)36-27(42)23-11-22(37-26(41)15-7-16(28(32,33)34)9-18(31)8-15)24-13-38(25(40)14-39(23)24)12-19-3-1-2-6-35-19/h1-11H,12-14H2,(H,36,42)(H,37,41). The first-order valence-corrected chi connectivity index (χ1v) is 12.6. The Hall–Kier alpha value is -4.78. The maximum atomic E-state index is 14.0. The van der Waals surface area contributed by atoms with Crippen LogP contribution in [0.4, 0.5) is 33.3 Å². The van der Waals surface area contributed by atoms with Crippen LogP contribution in [0, 0.1) is 11.6 Å². The first-order chi connectivity index (χ1) is 19.9. The molecule has 14 heteroatoms. The molecule has 216 valence electrons. The fourth-order valence-corrected chi connectivity index (χ4v) is 4.60. The Balaban J connectivity index is 1.51. The summed E-state index contributed by atoms with van der Waals surface area (Å²) in [4.78, 5) is 45.0. The molecule has 4 aromatic rings. The van der Waals surface area contributed by atoms with Crippen LogP contribution in [-0.2, 0) is 30.6 Å². The molecule has 0 aliphatic carbocycles. The van der Waals surface area contributed by atoms with Crippen molar-refractivity contribution in [2.45, 2.75) is 25.8 Å². The Morgan fingerprint density at radius 3 is 2.38 bits per heavy atom. The third kappa shape index (κ3) is 6.10. The minimum absolute atomic E-state index is 0.00756. The molecule has 0 fully saturated rings. The third-order valence-corrected chi connectivity index (χ3v) is 6.75. The predicted octanol–water partition coefficient (Wildman–Crippen LogP) is 5.88. The van der Waals surface area contributed by atoms with E-state index in [9.17, 15) is 36.3 Å². The number of hydrogen-bond donors (Lipinski definition) is 2. The van der Waals surface area contributed by atoms with Crippen molar-refractivity contribution in [1.82, 2.24) is 14.5 Å². The summed E-state index contributed by atoms with van der Waals surface area (Å²) in [5.41, 5.74) is -1.33. The van der Waals surface area contributed by atoms with Crippen molar-refractivity contribution in [2.75, 3.05) is 10.6 Å². The maximum absolute atomic E-state index is 14.0. The number of halogens is 6. The summed E-state index contributed by atoms with van der Waals surface area (Å²) in [5, 5.41) is 4.93. The maximum Gasteiger partial charge on any atom is 0.416 e. The van der Waals surface area contributed by atoms with Crippen LogP contribution in [0.25, 0.3) is 0 Å². The van der Waals surface area contributed by atoms with Crippen LogP contribution in [0.5, 0.6) is 0 Å². The number of carbonyl (C=O) groups excluding carboxylic acids is 3. The fourth-order valence-electron chi connectivity index (χ4n) is 4.43. The summed E-state index contributed by atoms with van der Waals surface area (Å²) < 4.78 is 68.8. The van der Waals surface area contributed by atoms with Crippen LogP contribution >= 0.6 is 11.6 Å². The van der Waals surface area contributed by atoms with Gasteiger partial charge in [0, 0.05) is 11.8 Å². The molecule has 3 heterocycles. The van der Waals surface area contributed by atoms with Gasteiger partial charge in [-0.05, 0) is 54.6 Å². The molecule has 42 heavy (non-hydrogen) atoms. The van der Waals surface area contributed by atoms with Crippen LogP contribution in [0.15, 0.2) is 66.9 Å². The Kier molecular flexibility index (Phi) is 7.69. The molecular formula is C28H19ClF5N5O3. The molecule has 0 saturated carbocycles. The lowest BCUT2D eigenvalue weighted by Crippen LogP contribution is -2.40. The summed E-state index contributed by atoms with van der Waals surface area (Å²) >= 11 is 6.07. The number of benzene rings is 2. The van der Waals surface area contributed by atoms with Gasteiger partial charge in [-0.15, -0.1) is 0 Å². The Bertz CT molecular complexity index is 1710. The van der Waals surface area contributed by atoms with Crippen molar-refractivity contribution in [2.24, 2.45) is 0 Å². The van der Waals surface area contributed by atoms with Crippen LogP contribution in [0.2, 0.25) is 5.02 Å². The van der Waals surface area contributed by atoms with Gasteiger partial charge < -0.3 is 20.1 Å². The summed E-state index contributed by atoms with van der Waals surface area (Å²) in [5.74, 6) is -4.22. The molecule has 1 aliphatic heterocycles. The van der Waals surface area contributed by atoms with Crippen LogP contribution < -0.4 is 10.6 Å². The van der Waals surface area contributed by atoms with Crippen molar-refractivity contribution >= 4 is 40.7 Å². The van der Waals surface area contributed by atoms with E-state index in [1.807, 2.05) is 0 Å². The zero-order valence-corrected chi connectivity index (χ0v) is 22.1. The average Bonchev–Trinajstić information content (AvgIpc) is 3.27. The predicted molar refractivity (Wildman–Crippen MR) is 142 cm³/mol. The minimum Gasteiger partial charge on any atom is -0.329 e. The minimum atomic E-state index is -4.90. The zero-order chi connectivity index (χ0) is 30.2. The van der Waals surface area contributed by atoms with Crippen molar-refractivity contribution in [3.05, 3.63) is 112 Å². The molecule has 3 amide bonds. The lowest BCUT2D eigenvalue weighted by Gasteiger charge is -2.29. The number of alkyl halides is 3. The second-order valence-corrected chi connectivity index (χ2v) is 9.71. The molecule has 0 spiro atoms. The molecule has 2 aromatic carbocycles. The second-order valence-electron chi connectivity index (χ2n) is 9.31. The highest BCUT2D eigenvalue weighted by Crippen LogP contribution is 2.32. The van der Waals surface area contributed by atoms with E-state index < -0.39 is 40.8 Å². The van der Waals surface area contributed by atoms with E-state index >= 15 is 0 Å². The van der Waals surface area contributed by atoms with E-state index in [1.54, 1.807) is 24.4 Å². The topological polar surface area (TPSA) is 96.3 Å². The number of rotatable bonds is 6. The molecule has 2 aromatic heterocycles. The number of pyridine rings is 1. The van der Waals surface area contributed by atoms with Gasteiger partial charge in [-0.3, -0.25) is 19.4 Å². The Labute approximate surface area is 239 Å². The lowest BCUT2D eigenvalue weighted by atomic mass is 10.1. The number of aromatic nitrogens is 2. The molecule has 0 radical (unpaired) electrons. The molecule has 1 aliphatic rings. The molecule has 0 unspecified atom stereocenters. The van der Waals surface area contributed by atoms with Crippen molar-refractivity contribution in [1.29, 1.82) is 0 Å². The first-order valence-electron chi connectivity index (χ1n) is 12.2. The van der Waals surface area contributed by atoms with E-state index in [0.29, 0.717) is 17.8 Å². The SMILES string of the molecule is O=C(Nc1cc(C(=O)Nc2cc(F)ccc2Cl)n2c1CN(Cc1ccccn1)C(=O)C2)c1cc(F)cc(C(F)(F)F)c1. The molecule has 2 N–H and O–H groups in total. The molecule has 0 bridgehead atoms. The first kappa shape index (κ1) is 28.7. The Morgan fingerprint density at radius 2 is 1.67 bits per heavy atom. The van der Waals surface area contributed by atoms with Crippen molar-refractivity contribution < 1.29 is 36.3 Å². The third-order valence-electron chi connectivity index (χ3n) is 6.42. The summed E-state index contributed by atoms with van der Waals surface area (Å²) in [6.07, 6.45) is -3.35. The van der Waals surface area contributed by atoms with Gasteiger partial charge in [0.25, 0.3) is 11.8 Å². The van der Waals surface area contributed by atoms with Gasteiger partial charge >= 0.3 is 6.18 Å². The molecule has 0 saturated heterocycles. The molecular weight excluding hydrogens is 585 g/mol. The monoisotopic (exact) mass is 603 g/mol. The lowest BCUT2D eigenvalue weighted by molar-refractivity contribution is -0.138. The summed E-state index contributed by atoms with van der Waals surface area (Å²) in [7, 11) is 0. The number of carbonyl (C=O) groups is 3. The Morgan fingerprint density at radius 1 is 0.905 bits per heavy atom. The quantitative estimate of drug-likeness (QED) is 0.269. The second kappa shape index (κ2) is 11.2. The number of amides is 3. The van der Waals surface area contributed by atoms with E-state index in [1.165, 1.54) is 21.6 Å². The smallest absolute Gasteiger partial charge is 0.329 e. The van der Waals surface area contributed by atoms with Crippen LogP contribution in [0.1, 0.15) is 37.8 Å². The fraction of sp³-hybridized carbons (Fsp3) is 0.143. The molecule has 0 atom stereocenters. The van der Waals surface area contributed by atoms with Crippen molar-refractivity contribution in [3.63, 3.8) is 0 Å². The normalized spacial score (nSPS) is 13.1. The van der Waals surface area contributed by atoms with Gasteiger partial charge in [-0.25, -0.2) is 8.78 Å². The summed E-state index contributed by atoms with van der Waals surface area (Å²) in [6, 6.07) is 11.1. The van der Waals surface area contributed by atoms with E-state index in [2.05, 4.69) is 15.6 Å². The van der Waals surface area contributed by atoms with E-state index in [0.717, 1.165) is 12.1 Å². The highest BCUT2D eigenvalue weighted by molar-refractivity contribution is 6.33. The highest BCUT2D eigenvalue weighted by atomic mass is 35.5. The van der Waals surface area contributed by atoms with Gasteiger partial charge in [0.2, 0.25) is 5.91 Å². The van der Waals surface area contributed by atoms with Gasteiger partial charge in [-0.1, -0.05) is 17.7 Å². The number of nitrogens with zero attached hydrogens (tertiary/aromatic N) is 3.